The van der Waals surface area contributed by atoms with Crippen molar-refractivity contribution in [1.82, 2.24) is 9.13 Å². The summed E-state index contributed by atoms with van der Waals surface area (Å²) in [7, 11) is 0. The second-order valence-electron chi connectivity index (χ2n) is 15.3. The molecule has 8 rings (SSSR count). The van der Waals surface area contributed by atoms with Gasteiger partial charge in [-0.1, -0.05) is 96.1 Å². The van der Waals surface area contributed by atoms with Gasteiger partial charge in [-0.2, -0.15) is 10.5 Å². The van der Waals surface area contributed by atoms with Gasteiger partial charge < -0.3 is 9.13 Å². The highest BCUT2D eigenvalue weighted by Gasteiger charge is 2.26. The summed E-state index contributed by atoms with van der Waals surface area (Å²) in [5, 5.41) is 25.3. The molecule has 6 aromatic carbocycles. The SMILES string of the molecule is CC(C)(C)c1ccc2c(c1)c1cc(C(C)(C)C)ccc1n2-c1ccc2c3ccccc3n(-c3ccccc3)c2c1-c1cc(C#N)ccc1C#N. The smallest absolute Gasteiger partial charge is 0.0998 e. The first-order valence-electron chi connectivity index (χ1n) is 17.2. The van der Waals surface area contributed by atoms with Crippen LogP contribution in [0.15, 0.2) is 121 Å². The fraction of sp³-hybridized carbons (Fsp3) is 0.174. The van der Waals surface area contributed by atoms with Gasteiger partial charge in [0, 0.05) is 38.4 Å². The summed E-state index contributed by atoms with van der Waals surface area (Å²) in [6.45, 7) is 13.5. The lowest BCUT2D eigenvalue weighted by molar-refractivity contribution is 0.590. The van der Waals surface area contributed by atoms with Crippen molar-refractivity contribution >= 4 is 43.6 Å². The number of para-hydroxylation sites is 2. The number of nitrogens with zero attached hydrogens (tertiary/aromatic N) is 4. The molecular formula is C46H38N4. The molecule has 0 saturated heterocycles. The van der Waals surface area contributed by atoms with E-state index in [4.69, 9.17) is 0 Å². The van der Waals surface area contributed by atoms with Crippen molar-refractivity contribution < 1.29 is 0 Å². The van der Waals surface area contributed by atoms with Crippen molar-refractivity contribution in [1.29, 1.82) is 10.5 Å². The molecule has 0 saturated carbocycles. The molecule has 0 aliphatic carbocycles. The van der Waals surface area contributed by atoms with Gasteiger partial charge in [0.25, 0.3) is 0 Å². The topological polar surface area (TPSA) is 57.4 Å². The maximum atomic E-state index is 10.6. The fourth-order valence-corrected chi connectivity index (χ4v) is 7.48. The third kappa shape index (κ3) is 4.80. The molecule has 4 nitrogen and oxygen atoms in total. The predicted molar refractivity (Wildman–Crippen MR) is 207 cm³/mol. The standard InChI is InChI=1S/C46H38N4/c1-45(2,3)31-18-21-40-37(25-31)38-26-32(46(4,5)6)19-22-41(38)50(40)42-23-20-35-34-14-10-11-15-39(34)49(33-12-8-7-9-13-33)44(35)43(42)36-24-29(27-47)16-17-30(36)28-48/h7-26H,1-6H3. The number of hydrogen-bond acceptors (Lipinski definition) is 2. The lowest BCUT2D eigenvalue weighted by Gasteiger charge is -2.20. The van der Waals surface area contributed by atoms with E-state index in [0.717, 1.165) is 55.3 Å². The van der Waals surface area contributed by atoms with Gasteiger partial charge in [-0.25, -0.2) is 0 Å². The fourth-order valence-electron chi connectivity index (χ4n) is 7.48. The molecule has 0 aliphatic rings. The molecule has 0 unspecified atom stereocenters. The molecule has 0 aliphatic heterocycles. The third-order valence-electron chi connectivity index (χ3n) is 10.1. The number of rotatable bonds is 3. The van der Waals surface area contributed by atoms with E-state index in [2.05, 4.69) is 160 Å². The summed E-state index contributed by atoms with van der Waals surface area (Å²) in [5.74, 6) is 0. The molecule has 50 heavy (non-hydrogen) atoms. The van der Waals surface area contributed by atoms with Crippen molar-refractivity contribution in [3.8, 4) is 34.6 Å². The zero-order valence-electron chi connectivity index (χ0n) is 29.3. The maximum Gasteiger partial charge on any atom is 0.0998 e. The van der Waals surface area contributed by atoms with Crippen LogP contribution in [0.3, 0.4) is 0 Å². The van der Waals surface area contributed by atoms with Gasteiger partial charge in [0.1, 0.15) is 0 Å². The second kappa shape index (κ2) is 11.2. The Hall–Kier alpha value is -6.10. The van der Waals surface area contributed by atoms with Crippen LogP contribution >= 0.6 is 0 Å². The van der Waals surface area contributed by atoms with Crippen molar-refractivity contribution in [3.05, 3.63) is 144 Å². The summed E-state index contributed by atoms with van der Waals surface area (Å²) in [5.41, 5.74) is 11.4. The zero-order valence-corrected chi connectivity index (χ0v) is 29.3. The van der Waals surface area contributed by atoms with E-state index in [1.165, 1.54) is 21.9 Å². The molecule has 8 aromatic rings. The quantitative estimate of drug-likeness (QED) is 0.192. The first kappa shape index (κ1) is 31.2. The van der Waals surface area contributed by atoms with Crippen LogP contribution in [0.2, 0.25) is 0 Å². The Labute approximate surface area is 293 Å². The zero-order chi connectivity index (χ0) is 34.9. The summed E-state index contributed by atoms with van der Waals surface area (Å²) in [6.07, 6.45) is 0. The minimum absolute atomic E-state index is 0.0234. The molecule has 0 bridgehead atoms. The average Bonchev–Trinajstić information content (AvgIpc) is 3.62. The number of benzene rings is 6. The van der Waals surface area contributed by atoms with Gasteiger partial charge in [-0.15, -0.1) is 0 Å². The van der Waals surface area contributed by atoms with Crippen LogP contribution in [0.4, 0.5) is 0 Å². The Morgan fingerprint density at radius 2 is 1.10 bits per heavy atom. The number of hydrogen-bond donors (Lipinski definition) is 0. The minimum Gasteiger partial charge on any atom is -0.309 e. The molecule has 0 fully saturated rings. The first-order valence-corrected chi connectivity index (χ1v) is 17.2. The van der Waals surface area contributed by atoms with E-state index < -0.39 is 0 Å². The number of aromatic nitrogens is 2. The van der Waals surface area contributed by atoms with Gasteiger partial charge in [0.05, 0.1) is 51.0 Å². The molecule has 0 spiro atoms. The van der Waals surface area contributed by atoms with Gasteiger partial charge in [-0.3, -0.25) is 0 Å². The molecule has 0 atom stereocenters. The maximum absolute atomic E-state index is 10.6. The van der Waals surface area contributed by atoms with Crippen LogP contribution in [0, 0.1) is 22.7 Å². The number of nitriles is 2. The average molecular weight is 647 g/mol. The van der Waals surface area contributed by atoms with E-state index in [1.54, 1.807) is 12.1 Å². The summed E-state index contributed by atoms with van der Waals surface area (Å²) < 4.78 is 4.68. The van der Waals surface area contributed by atoms with E-state index >= 15 is 0 Å². The Kier molecular flexibility index (Phi) is 7.00. The van der Waals surface area contributed by atoms with Gasteiger partial charge in [-0.05, 0) is 88.7 Å². The summed E-state index contributed by atoms with van der Waals surface area (Å²) in [4.78, 5) is 0. The van der Waals surface area contributed by atoms with Crippen LogP contribution < -0.4 is 0 Å². The highest BCUT2D eigenvalue weighted by Crippen LogP contribution is 2.45. The molecule has 4 heteroatoms. The second-order valence-corrected chi connectivity index (χ2v) is 15.3. The van der Waals surface area contributed by atoms with Gasteiger partial charge in [0.2, 0.25) is 0 Å². The van der Waals surface area contributed by atoms with E-state index in [0.29, 0.717) is 11.1 Å². The van der Waals surface area contributed by atoms with Crippen molar-refractivity contribution in [2.24, 2.45) is 0 Å². The van der Waals surface area contributed by atoms with Crippen molar-refractivity contribution in [2.75, 3.05) is 0 Å². The lowest BCUT2D eigenvalue weighted by atomic mass is 9.85. The Balaban J connectivity index is 1.62. The molecule has 2 aromatic heterocycles. The molecule has 0 N–H and O–H groups in total. The monoisotopic (exact) mass is 646 g/mol. The minimum atomic E-state index is -0.0234. The number of fused-ring (bicyclic) bond motifs is 6. The van der Waals surface area contributed by atoms with E-state index in [-0.39, 0.29) is 10.8 Å². The Morgan fingerprint density at radius 1 is 0.500 bits per heavy atom. The summed E-state index contributed by atoms with van der Waals surface area (Å²) in [6, 6.07) is 47.2. The third-order valence-corrected chi connectivity index (χ3v) is 10.1. The van der Waals surface area contributed by atoms with Crippen LogP contribution in [0.5, 0.6) is 0 Å². The van der Waals surface area contributed by atoms with Gasteiger partial charge >= 0.3 is 0 Å². The van der Waals surface area contributed by atoms with E-state index in [1.807, 2.05) is 12.1 Å². The molecule has 2 heterocycles. The molecule has 242 valence electrons. The highest BCUT2D eigenvalue weighted by molar-refractivity contribution is 6.17. The Bertz CT molecular complexity index is 2660. The normalized spacial score (nSPS) is 12.2. The predicted octanol–water partition coefficient (Wildman–Crippen LogP) is 11.9. The molecule has 0 amide bonds. The van der Waals surface area contributed by atoms with Crippen LogP contribution in [-0.4, -0.2) is 9.13 Å². The van der Waals surface area contributed by atoms with E-state index in [9.17, 15) is 10.5 Å². The Morgan fingerprint density at radius 3 is 1.70 bits per heavy atom. The van der Waals surface area contributed by atoms with Crippen LogP contribution in [0.1, 0.15) is 63.8 Å². The van der Waals surface area contributed by atoms with Crippen LogP contribution in [-0.2, 0) is 10.8 Å². The highest BCUT2D eigenvalue weighted by atomic mass is 15.0. The van der Waals surface area contributed by atoms with Gasteiger partial charge in [0.15, 0.2) is 0 Å². The van der Waals surface area contributed by atoms with Crippen molar-refractivity contribution in [2.45, 2.75) is 52.4 Å². The van der Waals surface area contributed by atoms with Crippen molar-refractivity contribution in [3.63, 3.8) is 0 Å². The first-order chi connectivity index (χ1) is 24.0. The molecular weight excluding hydrogens is 609 g/mol. The largest absolute Gasteiger partial charge is 0.309 e. The molecule has 0 radical (unpaired) electrons. The van der Waals surface area contributed by atoms with Crippen LogP contribution in [0.25, 0.3) is 66.1 Å². The summed E-state index contributed by atoms with van der Waals surface area (Å²) >= 11 is 0. The lowest BCUT2D eigenvalue weighted by Crippen LogP contribution is -2.10.